The van der Waals surface area contributed by atoms with Crippen LogP contribution in [-0.2, 0) is 16.1 Å². The fourth-order valence-corrected chi connectivity index (χ4v) is 1.31. The van der Waals surface area contributed by atoms with Crippen molar-refractivity contribution >= 4 is 5.97 Å². The normalized spacial score (nSPS) is 14.2. The molecule has 0 amide bonds. The van der Waals surface area contributed by atoms with Crippen molar-refractivity contribution in [1.29, 1.82) is 0 Å². The van der Waals surface area contributed by atoms with E-state index in [2.05, 4.69) is 0 Å². The lowest BCUT2D eigenvalue weighted by Crippen LogP contribution is -2.42. The number of hydrogen-bond donors (Lipinski definition) is 3. The Morgan fingerprint density at radius 2 is 2.00 bits per heavy atom. The lowest BCUT2D eigenvalue weighted by molar-refractivity contribution is -0.141. The molecule has 0 unspecified atom stereocenters. The van der Waals surface area contributed by atoms with E-state index in [-0.39, 0.29) is 13.0 Å². The highest BCUT2D eigenvalue weighted by Crippen LogP contribution is 2.03. The number of benzene rings is 1. The first-order valence-electron chi connectivity index (χ1n) is 5.39. The molecule has 0 saturated heterocycles. The molecule has 5 nitrogen and oxygen atoms in total. The zero-order valence-corrected chi connectivity index (χ0v) is 9.45. The molecule has 0 heterocycles. The predicted octanol–water partition coefficient (Wildman–Crippen LogP) is 0.366. The van der Waals surface area contributed by atoms with Crippen LogP contribution in [0.2, 0.25) is 0 Å². The third kappa shape index (κ3) is 4.95. The predicted molar refractivity (Wildman–Crippen MR) is 62.3 cm³/mol. The van der Waals surface area contributed by atoms with Gasteiger partial charge in [-0.15, -0.1) is 0 Å². The van der Waals surface area contributed by atoms with Gasteiger partial charge in [0.05, 0.1) is 12.7 Å². The summed E-state index contributed by atoms with van der Waals surface area (Å²) in [5, 5.41) is 18.0. The Bertz CT molecular complexity index is 342. The van der Waals surface area contributed by atoms with E-state index in [1.165, 1.54) is 0 Å². The summed E-state index contributed by atoms with van der Waals surface area (Å²) in [6, 6.07) is 8.34. The van der Waals surface area contributed by atoms with Gasteiger partial charge in [0.15, 0.2) is 0 Å². The molecule has 0 fully saturated rings. The number of ether oxygens (including phenoxy) is 1. The van der Waals surface area contributed by atoms with Crippen LogP contribution in [0.5, 0.6) is 0 Å². The number of rotatable bonds is 7. The van der Waals surface area contributed by atoms with E-state index in [9.17, 15) is 9.90 Å². The van der Waals surface area contributed by atoms with Crippen molar-refractivity contribution in [3.8, 4) is 0 Å². The number of aliphatic hydroxyl groups excluding tert-OH is 1. The minimum absolute atomic E-state index is 0.209. The van der Waals surface area contributed by atoms with Gasteiger partial charge < -0.3 is 20.7 Å². The molecule has 0 spiro atoms. The summed E-state index contributed by atoms with van der Waals surface area (Å²) >= 11 is 0. The average Bonchev–Trinajstić information content (AvgIpc) is 2.34. The van der Waals surface area contributed by atoms with E-state index >= 15 is 0 Å². The zero-order valence-electron chi connectivity index (χ0n) is 9.45. The van der Waals surface area contributed by atoms with Crippen LogP contribution in [0, 0.1) is 0 Å². The van der Waals surface area contributed by atoms with Crippen molar-refractivity contribution in [3.63, 3.8) is 0 Å². The Balaban J connectivity index is 2.18. The van der Waals surface area contributed by atoms with Crippen LogP contribution in [0.1, 0.15) is 12.0 Å². The SMILES string of the molecule is N[C@H](C(=O)O)[C@@H](O)CCOCc1ccccc1. The first-order chi connectivity index (χ1) is 8.11. The van der Waals surface area contributed by atoms with Gasteiger partial charge in [0.1, 0.15) is 6.04 Å². The van der Waals surface area contributed by atoms with Crippen molar-refractivity contribution in [2.45, 2.75) is 25.2 Å². The highest BCUT2D eigenvalue weighted by atomic mass is 16.5. The fraction of sp³-hybridized carbons (Fsp3) is 0.417. The van der Waals surface area contributed by atoms with Crippen LogP contribution in [-0.4, -0.2) is 34.9 Å². The Morgan fingerprint density at radius 1 is 1.35 bits per heavy atom. The van der Waals surface area contributed by atoms with Crippen molar-refractivity contribution in [2.24, 2.45) is 5.73 Å². The number of aliphatic carboxylic acids is 1. The molecular formula is C12H17NO4. The van der Waals surface area contributed by atoms with Crippen LogP contribution >= 0.6 is 0 Å². The standard InChI is InChI=1S/C12H17NO4/c13-11(12(15)16)10(14)6-7-17-8-9-4-2-1-3-5-9/h1-5,10-11,14H,6-8,13H2,(H,15,16)/t10-,11-/m0/s1. The fourth-order valence-electron chi connectivity index (χ4n) is 1.31. The van der Waals surface area contributed by atoms with E-state index in [1.807, 2.05) is 30.3 Å². The number of aliphatic hydroxyl groups is 1. The van der Waals surface area contributed by atoms with Crippen molar-refractivity contribution in [3.05, 3.63) is 35.9 Å². The van der Waals surface area contributed by atoms with E-state index < -0.39 is 18.1 Å². The zero-order chi connectivity index (χ0) is 12.7. The molecule has 0 aliphatic rings. The van der Waals surface area contributed by atoms with E-state index in [1.54, 1.807) is 0 Å². The first-order valence-corrected chi connectivity index (χ1v) is 5.39. The highest BCUT2D eigenvalue weighted by molar-refractivity contribution is 5.73. The molecule has 1 aromatic rings. The van der Waals surface area contributed by atoms with Crippen LogP contribution in [0.15, 0.2) is 30.3 Å². The largest absolute Gasteiger partial charge is 0.480 e. The molecule has 94 valence electrons. The van der Waals surface area contributed by atoms with Crippen LogP contribution in [0.4, 0.5) is 0 Å². The molecule has 17 heavy (non-hydrogen) atoms. The van der Waals surface area contributed by atoms with Gasteiger partial charge >= 0.3 is 5.97 Å². The molecule has 0 aliphatic carbocycles. The summed E-state index contributed by atoms with van der Waals surface area (Å²) in [7, 11) is 0. The molecule has 4 N–H and O–H groups in total. The lowest BCUT2D eigenvalue weighted by Gasteiger charge is -2.14. The van der Waals surface area contributed by atoms with E-state index in [0.717, 1.165) is 5.56 Å². The minimum Gasteiger partial charge on any atom is -0.480 e. The number of carbonyl (C=O) groups is 1. The average molecular weight is 239 g/mol. The molecule has 0 aliphatic heterocycles. The Kier molecular flexibility index (Phi) is 5.62. The third-order valence-corrected chi connectivity index (χ3v) is 2.37. The topological polar surface area (TPSA) is 92.8 Å². The maximum atomic E-state index is 10.5. The molecule has 1 aromatic carbocycles. The number of carboxylic acids is 1. The number of hydrogen-bond acceptors (Lipinski definition) is 4. The summed E-state index contributed by atoms with van der Waals surface area (Å²) in [5.41, 5.74) is 6.28. The van der Waals surface area contributed by atoms with Crippen LogP contribution in [0.25, 0.3) is 0 Å². The molecule has 5 heteroatoms. The van der Waals surface area contributed by atoms with Gasteiger partial charge in [0, 0.05) is 6.61 Å². The second kappa shape index (κ2) is 7.01. The summed E-state index contributed by atoms with van der Waals surface area (Å²) in [4.78, 5) is 10.5. The van der Waals surface area contributed by atoms with Crippen LogP contribution in [0.3, 0.4) is 0 Å². The molecule has 2 atom stereocenters. The van der Waals surface area contributed by atoms with Gasteiger partial charge in [-0.2, -0.15) is 0 Å². The van der Waals surface area contributed by atoms with Gasteiger partial charge in [0.2, 0.25) is 0 Å². The Hall–Kier alpha value is -1.43. The van der Waals surface area contributed by atoms with Crippen molar-refractivity contribution in [2.75, 3.05) is 6.61 Å². The smallest absolute Gasteiger partial charge is 0.323 e. The second-order valence-electron chi connectivity index (χ2n) is 3.76. The quantitative estimate of drug-likeness (QED) is 0.598. The summed E-state index contributed by atoms with van der Waals surface area (Å²) in [6.45, 7) is 0.715. The second-order valence-corrected chi connectivity index (χ2v) is 3.76. The van der Waals surface area contributed by atoms with Crippen molar-refractivity contribution in [1.82, 2.24) is 0 Å². The summed E-state index contributed by atoms with van der Waals surface area (Å²) in [5.74, 6) is -1.21. The molecule has 0 saturated carbocycles. The minimum atomic E-state index is -1.25. The highest BCUT2D eigenvalue weighted by Gasteiger charge is 2.21. The maximum Gasteiger partial charge on any atom is 0.323 e. The molecule has 0 aromatic heterocycles. The summed E-state index contributed by atoms with van der Waals surface area (Å²) in [6.07, 6.45) is -0.872. The van der Waals surface area contributed by atoms with Gasteiger partial charge in [-0.3, -0.25) is 4.79 Å². The maximum absolute atomic E-state index is 10.5. The first kappa shape index (κ1) is 13.6. The molecule has 0 radical (unpaired) electrons. The Labute approximate surface area is 99.8 Å². The van der Waals surface area contributed by atoms with Gasteiger partial charge in [0.25, 0.3) is 0 Å². The molecule has 1 rings (SSSR count). The summed E-state index contributed by atoms with van der Waals surface area (Å²) < 4.78 is 5.31. The molecule has 0 bridgehead atoms. The monoisotopic (exact) mass is 239 g/mol. The van der Waals surface area contributed by atoms with Gasteiger partial charge in [-0.1, -0.05) is 30.3 Å². The van der Waals surface area contributed by atoms with E-state index in [0.29, 0.717) is 6.61 Å². The van der Waals surface area contributed by atoms with Gasteiger partial charge in [-0.05, 0) is 12.0 Å². The Morgan fingerprint density at radius 3 is 2.59 bits per heavy atom. The third-order valence-electron chi connectivity index (χ3n) is 2.37. The number of nitrogens with two attached hydrogens (primary N) is 1. The molecular weight excluding hydrogens is 222 g/mol. The van der Waals surface area contributed by atoms with Crippen LogP contribution < -0.4 is 5.73 Å². The lowest BCUT2D eigenvalue weighted by atomic mass is 10.1. The number of carboxylic acid groups (broad SMARTS) is 1. The van der Waals surface area contributed by atoms with Gasteiger partial charge in [-0.25, -0.2) is 0 Å². The van der Waals surface area contributed by atoms with Crippen molar-refractivity contribution < 1.29 is 19.7 Å². The van der Waals surface area contributed by atoms with E-state index in [4.69, 9.17) is 15.6 Å².